The van der Waals surface area contributed by atoms with Gasteiger partial charge in [0.1, 0.15) is 0 Å². The molecule has 0 saturated carbocycles. The number of anilines is 1. The first-order chi connectivity index (χ1) is 12.6. The van der Waals surface area contributed by atoms with Crippen LogP contribution in [-0.4, -0.2) is 29.0 Å². The number of nitrogens with zero attached hydrogens (tertiary/aromatic N) is 1. The Morgan fingerprint density at radius 2 is 1.92 bits per heavy atom. The van der Waals surface area contributed by atoms with Crippen LogP contribution in [0.15, 0.2) is 54.7 Å². The van der Waals surface area contributed by atoms with Gasteiger partial charge in [0.15, 0.2) is 0 Å². The summed E-state index contributed by atoms with van der Waals surface area (Å²) in [5.41, 5.74) is 4.07. The van der Waals surface area contributed by atoms with Crippen LogP contribution < -0.4 is 5.32 Å². The van der Waals surface area contributed by atoms with Crippen molar-refractivity contribution in [2.75, 3.05) is 18.4 Å². The third-order valence-corrected chi connectivity index (χ3v) is 5.17. The van der Waals surface area contributed by atoms with Crippen molar-refractivity contribution in [1.82, 2.24) is 9.88 Å². The molecule has 2 N–H and O–H groups in total. The quantitative estimate of drug-likeness (QED) is 0.575. The first-order valence-electron chi connectivity index (χ1n) is 8.38. The molecule has 0 saturated heterocycles. The van der Waals surface area contributed by atoms with Crippen molar-refractivity contribution in [3.05, 3.63) is 70.3 Å². The Morgan fingerprint density at radius 1 is 1.12 bits per heavy atom. The van der Waals surface area contributed by atoms with Crippen LogP contribution in [0.4, 0.5) is 10.5 Å². The number of hydrogen-bond acceptors (Lipinski definition) is 1. The first kappa shape index (κ1) is 17.0. The molecule has 1 aromatic heterocycles. The summed E-state index contributed by atoms with van der Waals surface area (Å²) in [4.78, 5) is 17.5. The lowest BCUT2D eigenvalue weighted by molar-refractivity contribution is 0.217. The molecule has 0 radical (unpaired) electrons. The SMILES string of the molecule is O=C(Nc1ccc(Cl)cc1)N1CC=C(c2c[nH]c3c(Cl)cccc23)CC1. The molecule has 1 aliphatic rings. The van der Waals surface area contributed by atoms with Gasteiger partial charge in [0.2, 0.25) is 0 Å². The number of benzene rings is 2. The Balaban J connectivity index is 1.48. The maximum absolute atomic E-state index is 12.4. The number of aromatic amines is 1. The molecule has 0 aliphatic carbocycles. The average Bonchev–Trinajstić information content (AvgIpc) is 3.09. The molecule has 4 nitrogen and oxygen atoms in total. The van der Waals surface area contributed by atoms with Gasteiger partial charge in [0.05, 0.1) is 10.5 Å². The summed E-state index contributed by atoms with van der Waals surface area (Å²) in [6, 6.07) is 12.9. The zero-order chi connectivity index (χ0) is 18.1. The Labute approximate surface area is 161 Å². The van der Waals surface area contributed by atoms with Crippen LogP contribution >= 0.6 is 23.2 Å². The summed E-state index contributed by atoms with van der Waals surface area (Å²) in [7, 11) is 0. The summed E-state index contributed by atoms with van der Waals surface area (Å²) in [6.07, 6.45) is 4.90. The number of para-hydroxylation sites is 1. The number of carbonyl (C=O) groups is 1. The molecule has 2 heterocycles. The largest absolute Gasteiger partial charge is 0.359 e. The highest BCUT2D eigenvalue weighted by atomic mass is 35.5. The molecular formula is C20H17Cl2N3O. The molecule has 6 heteroatoms. The van der Waals surface area contributed by atoms with E-state index in [4.69, 9.17) is 23.2 Å². The summed E-state index contributed by atoms with van der Waals surface area (Å²) in [5.74, 6) is 0. The molecule has 1 aliphatic heterocycles. The van der Waals surface area contributed by atoms with Gasteiger partial charge in [0.25, 0.3) is 0 Å². The summed E-state index contributed by atoms with van der Waals surface area (Å²) < 4.78 is 0. The zero-order valence-electron chi connectivity index (χ0n) is 13.9. The second-order valence-electron chi connectivity index (χ2n) is 6.23. The second-order valence-corrected chi connectivity index (χ2v) is 7.07. The highest BCUT2D eigenvalue weighted by Gasteiger charge is 2.19. The van der Waals surface area contributed by atoms with E-state index in [2.05, 4.69) is 22.4 Å². The Bertz CT molecular complexity index is 992. The number of fused-ring (bicyclic) bond motifs is 1. The van der Waals surface area contributed by atoms with Gasteiger partial charge < -0.3 is 15.2 Å². The van der Waals surface area contributed by atoms with Crippen molar-refractivity contribution in [3.8, 4) is 0 Å². The number of urea groups is 1. The third-order valence-electron chi connectivity index (χ3n) is 4.60. The van der Waals surface area contributed by atoms with Crippen molar-refractivity contribution >= 4 is 51.4 Å². The fraction of sp³-hybridized carbons (Fsp3) is 0.150. The van der Waals surface area contributed by atoms with Gasteiger partial charge in [-0.2, -0.15) is 0 Å². The molecule has 2 aromatic carbocycles. The van der Waals surface area contributed by atoms with Crippen LogP contribution in [0.1, 0.15) is 12.0 Å². The van der Waals surface area contributed by atoms with Crippen LogP contribution in [0.3, 0.4) is 0 Å². The predicted molar refractivity (Wildman–Crippen MR) is 108 cm³/mol. The monoisotopic (exact) mass is 385 g/mol. The van der Waals surface area contributed by atoms with Crippen molar-refractivity contribution in [3.63, 3.8) is 0 Å². The number of nitrogens with one attached hydrogen (secondary N) is 2. The number of carbonyl (C=O) groups excluding carboxylic acids is 1. The minimum absolute atomic E-state index is 0.107. The second kappa shape index (κ2) is 7.06. The number of amides is 2. The van der Waals surface area contributed by atoms with Gasteiger partial charge in [-0.05, 0) is 42.3 Å². The minimum atomic E-state index is -0.107. The van der Waals surface area contributed by atoms with E-state index in [0.29, 0.717) is 23.1 Å². The van der Waals surface area contributed by atoms with Crippen molar-refractivity contribution in [1.29, 1.82) is 0 Å². The topological polar surface area (TPSA) is 48.1 Å². The average molecular weight is 386 g/mol. The Hall–Kier alpha value is -2.43. The molecule has 4 rings (SSSR count). The summed E-state index contributed by atoms with van der Waals surface area (Å²) in [6.45, 7) is 1.24. The van der Waals surface area contributed by atoms with Crippen LogP contribution in [-0.2, 0) is 0 Å². The van der Waals surface area contributed by atoms with Gasteiger partial charge in [-0.25, -0.2) is 4.79 Å². The smallest absolute Gasteiger partial charge is 0.322 e. The summed E-state index contributed by atoms with van der Waals surface area (Å²) in [5, 5.41) is 5.38. The highest BCUT2D eigenvalue weighted by molar-refractivity contribution is 6.35. The van der Waals surface area contributed by atoms with E-state index in [-0.39, 0.29) is 6.03 Å². The fourth-order valence-corrected chi connectivity index (χ4v) is 3.57. The zero-order valence-corrected chi connectivity index (χ0v) is 15.4. The molecule has 2 amide bonds. The lowest BCUT2D eigenvalue weighted by Crippen LogP contribution is -2.37. The lowest BCUT2D eigenvalue weighted by atomic mass is 9.99. The molecule has 0 atom stereocenters. The molecule has 132 valence electrons. The van der Waals surface area contributed by atoms with E-state index in [1.165, 1.54) is 5.57 Å². The van der Waals surface area contributed by atoms with E-state index in [1.807, 2.05) is 18.3 Å². The molecule has 0 bridgehead atoms. The van der Waals surface area contributed by atoms with E-state index in [0.717, 1.165) is 28.6 Å². The molecule has 0 fully saturated rings. The normalized spacial score (nSPS) is 14.4. The van der Waals surface area contributed by atoms with Gasteiger partial charge in [-0.15, -0.1) is 0 Å². The molecule has 26 heavy (non-hydrogen) atoms. The molecular weight excluding hydrogens is 369 g/mol. The maximum Gasteiger partial charge on any atom is 0.322 e. The van der Waals surface area contributed by atoms with Gasteiger partial charge in [-0.1, -0.05) is 41.4 Å². The Kier molecular flexibility index (Phi) is 4.62. The van der Waals surface area contributed by atoms with E-state index < -0.39 is 0 Å². The molecule has 0 unspecified atom stereocenters. The lowest BCUT2D eigenvalue weighted by Gasteiger charge is -2.26. The number of aromatic nitrogens is 1. The van der Waals surface area contributed by atoms with Gasteiger partial charge >= 0.3 is 6.03 Å². The van der Waals surface area contributed by atoms with Gasteiger partial charge in [0, 0.05) is 40.9 Å². The fourth-order valence-electron chi connectivity index (χ4n) is 3.22. The van der Waals surface area contributed by atoms with Crippen molar-refractivity contribution < 1.29 is 4.79 Å². The van der Waals surface area contributed by atoms with Crippen LogP contribution in [0.25, 0.3) is 16.5 Å². The minimum Gasteiger partial charge on any atom is -0.359 e. The third kappa shape index (κ3) is 3.30. The van der Waals surface area contributed by atoms with Crippen molar-refractivity contribution in [2.45, 2.75) is 6.42 Å². The number of halogens is 2. The van der Waals surface area contributed by atoms with Crippen molar-refractivity contribution in [2.24, 2.45) is 0 Å². The van der Waals surface area contributed by atoms with E-state index >= 15 is 0 Å². The van der Waals surface area contributed by atoms with Crippen LogP contribution in [0.5, 0.6) is 0 Å². The van der Waals surface area contributed by atoms with E-state index in [1.54, 1.807) is 29.2 Å². The Morgan fingerprint density at radius 3 is 2.65 bits per heavy atom. The first-order valence-corrected chi connectivity index (χ1v) is 9.14. The number of hydrogen-bond donors (Lipinski definition) is 2. The highest BCUT2D eigenvalue weighted by Crippen LogP contribution is 2.32. The maximum atomic E-state index is 12.4. The van der Waals surface area contributed by atoms with E-state index in [9.17, 15) is 4.79 Å². The van der Waals surface area contributed by atoms with Gasteiger partial charge in [-0.3, -0.25) is 0 Å². The summed E-state index contributed by atoms with van der Waals surface area (Å²) >= 11 is 12.1. The van der Waals surface area contributed by atoms with Crippen LogP contribution in [0.2, 0.25) is 10.0 Å². The standard InChI is InChI=1S/C20H17Cl2N3O/c21-14-4-6-15(7-5-14)24-20(26)25-10-8-13(9-11-25)17-12-23-19-16(17)2-1-3-18(19)22/h1-8,12,23H,9-11H2,(H,24,26). The number of rotatable bonds is 2. The van der Waals surface area contributed by atoms with Crippen LogP contribution in [0, 0.1) is 0 Å². The predicted octanol–water partition coefficient (Wildman–Crippen LogP) is 5.80. The molecule has 3 aromatic rings. The molecule has 0 spiro atoms. The number of H-pyrrole nitrogens is 1.